The molecule has 0 bridgehead atoms. The minimum atomic E-state index is -0.296. The van der Waals surface area contributed by atoms with Gasteiger partial charge in [-0.3, -0.25) is 4.79 Å². The lowest BCUT2D eigenvalue weighted by Crippen LogP contribution is -2.51. The van der Waals surface area contributed by atoms with Crippen LogP contribution in [0.15, 0.2) is 6.07 Å². The van der Waals surface area contributed by atoms with E-state index in [2.05, 4.69) is 4.98 Å². The highest BCUT2D eigenvalue weighted by Crippen LogP contribution is 2.44. The van der Waals surface area contributed by atoms with E-state index in [1.54, 1.807) is 27.4 Å². The van der Waals surface area contributed by atoms with Gasteiger partial charge in [-0.15, -0.1) is 0 Å². The van der Waals surface area contributed by atoms with E-state index in [4.69, 9.17) is 29.7 Å². The van der Waals surface area contributed by atoms with Crippen molar-refractivity contribution < 1.29 is 23.7 Å². The lowest BCUT2D eigenvalue weighted by molar-refractivity contribution is -0.141. The van der Waals surface area contributed by atoms with Crippen LogP contribution in [-0.2, 0) is 9.53 Å². The average molecular weight is 417 g/mol. The SMILES string of the molecule is COc1cc2c(N)nc(N3CCN(C(=O)C4CCCO4)CC3)nc2c(OC)c1OC. The molecule has 10 heteroatoms. The number of nitrogen functional groups attached to an aromatic ring is 1. The zero-order valence-electron chi connectivity index (χ0n) is 17.5. The molecule has 0 spiro atoms. The van der Waals surface area contributed by atoms with Gasteiger partial charge in [-0.05, 0) is 18.9 Å². The number of benzene rings is 1. The van der Waals surface area contributed by atoms with Gasteiger partial charge in [0.1, 0.15) is 17.4 Å². The van der Waals surface area contributed by atoms with Crippen LogP contribution in [-0.4, -0.2) is 81.0 Å². The molecule has 2 saturated heterocycles. The number of aromatic nitrogens is 2. The van der Waals surface area contributed by atoms with Crippen molar-refractivity contribution in [1.29, 1.82) is 0 Å². The van der Waals surface area contributed by atoms with Gasteiger partial charge in [0.05, 0.1) is 26.7 Å². The number of nitrogens with zero attached hydrogens (tertiary/aromatic N) is 4. The van der Waals surface area contributed by atoms with Crippen LogP contribution >= 0.6 is 0 Å². The number of carbonyl (C=O) groups excluding carboxylic acids is 1. The van der Waals surface area contributed by atoms with E-state index in [1.165, 1.54) is 0 Å². The lowest BCUT2D eigenvalue weighted by Gasteiger charge is -2.35. The van der Waals surface area contributed by atoms with Gasteiger partial charge in [-0.1, -0.05) is 0 Å². The van der Waals surface area contributed by atoms with Gasteiger partial charge in [0.2, 0.25) is 11.7 Å². The molecular weight excluding hydrogens is 390 g/mol. The molecule has 2 aromatic rings. The Hall–Kier alpha value is -3.01. The molecule has 2 fully saturated rings. The summed E-state index contributed by atoms with van der Waals surface area (Å²) in [6, 6.07) is 1.74. The summed E-state index contributed by atoms with van der Waals surface area (Å²) in [7, 11) is 4.64. The number of piperazine rings is 1. The van der Waals surface area contributed by atoms with Crippen LogP contribution in [0.5, 0.6) is 17.2 Å². The Bertz CT molecular complexity index is 939. The van der Waals surface area contributed by atoms with Crippen molar-refractivity contribution in [3.05, 3.63) is 6.07 Å². The second-order valence-electron chi connectivity index (χ2n) is 7.26. The van der Waals surface area contributed by atoms with E-state index in [0.717, 1.165) is 12.8 Å². The molecule has 1 aromatic heterocycles. The first kappa shape index (κ1) is 20.3. The van der Waals surface area contributed by atoms with Gasteiger partial charge in [-0.2, -0.15) is 4.98 Å². The molecule has 30 heavy (non-hydrogen) atoms. The van der Waals surface area contributed by atoms with Crippen molar-refractivity contribution in [2.75, 3.05) is 64.7 Å². The Morgan fingerprint density at radius 2 is 1.83 bits per heavy atom. The number of methoxy groups -OCH3 is 3. The Balaban J connectivity index is 1.60. The molecule has 2 aliphatic rings. The van der Waals surface area contributed by atoms with Crippen LogP contribution in [0.4, 0.5) is 11.8 Å². The van der Waals surface area contributed by atoms with Crippen molar-refractivity contribution in [3.63, 3.8) is 0 Å². The summed E-state index contributed by atoms with van der Waals surface area (Å²) in [5, 5.41) is 0.625. The van der Waals surface area contributed by atoms with Crippen LogP contribution in [0.1, 0.15) is 12.8 Å². The maximum atomic E-state index is 12.6. The Kier molecular flexibility index (Phi) is 5.67. The summed E-state index contributed by atoms with van der Waals surface area (Å²) in [5.41, 5.74) is 6.80. The van der Waals surface area contributed by atoms with E-state index in [1.807, 2.05) is 9.80 Å². The van der Waals surface area contributed by atoms with Crippen molar-refractivity contribution in [3.8, 4) is 17.2 Å². The quantitative estimate of drug-likeness (QED) is 0.763. The van der Waals surface area contributed by atoms with Gasteiger partial charge < -0.3 is 34.5 Å². The maximum absolute atomic E-state index is 12.6. The number of fused-ring (bicyclic) bond motifs is 1. The summed E-state index contributed by atoms with van der Waals surface area (Å²) in [6.45, 7) is 3.06. The Labute approximate surface area is 174 Å². The smallest absolute Gasteiger partial charge is 0.251 e. The van der Waals surface area contributed by atoms with Crippen molar-refractivity contribution in [1.82, 2.24) is 14.9 Å². The van der Waals surface area contributed by atoms with Crippen LogP contribution in [0.25, 0.3) is 10.9 Å². The molecule has 10 nitrogen and oxygen atoms in total. The number of ether oxygens (including phenoxy) is 4. The molecule has 0 saturated carbocycles. The Morgan fingerprint density at radius 1 is 1.10 bits per heavy atom. The van der Waals surface area contributed by atoms with Crippen LogP contribution in [0.2, 0.25) is 0 Å². The summed E-state index contributed by atoms with van der Waals surface area (Å²) in [5.74, 6) is 2.27. The summed E-state index contributed by atoms with van der Waals surface area (Å²) in [4.78, 5) is 25.6. The molecule has 3 heterocycles. The van der Waals surface area contributed by atoms with Crippen LogP contribution < -0.4 is 24.8 Å². The molecule has 2 N–H and O–H groups in total. The molecule has 1 aromatic carbocycles. The highest BCUT2D eigenvalue weighted by atomic mass is 16.5. The highest BCUT2D eigenvalue weighted by molar-refractivity contribution is 5.97. The number of amides is 1. The minimum absolute atomic E-state index is 0.0737. The van der Waals surface area contributed by atoms with E-state index in [9.17, 15) is 4.79 Å². The third-order valence-electron chi connectivity index (χ3n) is 5.59. The molecule has 162 valence electrons. The fourth-order valence-corrected chi connectivity index (χ4v) is 3.98. The predicted octanol–water partition coefficient (Wildman–Crippen LogP) is 1.07. The molecular formula is C20H27N5O5. The fraction of sp³-hybridized carbons (Fsp3) is 0.550. The average Bonchev–Trinajstić information content (AvgIpc) is 3.32. The van der Waals surface area contributed by atoms with Crippen molar-refractivity contribution >= 4 is 28.6 Å². The number of hydrogen-bond acceptors (Lipinski definition) is 9. The summed E-state index contributed by atoms with van der Waals surface area (Å²) >= 11 is 0. The zero-order valence-corrected chi connectivity index (χ0v) is 17.5. The van der Waals surface area contributed by atoms with Crippen LogP contribution in [0, 0.1) is 0 Å². The standard InChI is InChI=1S/C20H27N5O5/c1-27-14-11-12-15(17(29-3)16(14)28-2)22-20(23-18(12)21)25-8-6-24(7-9-25)19(26)13-5-4-10-30-13/h11,13H,4-10H2,1-3H3,(H2,21,22,23). The first-order valence-electron chi connectivity index (χ1n) is 9.99. The number of anilines is 2. The first-order chi connectivity index (χ1) is 14.6. The van der Waals surface area contributed by atoms with E-state index < -0.39 is 0 Å². The van der Waals surface area contributed by atoms with E-state index in [0.29, 0.717) is 72.7 Å². The van der Waals surface area contributed by atoms with Gasteiger partial charge in [-0.25, -0.2) is 4.98 Å². The van der Waals surface area contributed by atoms with Crippen molar-refractivity contribution in [2.24, 2.45) is 0 Å². The molecule has 0 aliphatic carbocycles. The van der Waals surface area contributed by atoms with Crippen molar-refractivity contribution in [2.45, 2.75) is 18.9 Å². The molecule has 1 unspecified atom stereocenters. The Morgan fingerprint density at radius 3 is 2.43 bits per heavy atom. The molecule has 1 amide bonds. The highest BCUT2D eigenvalue weighted by Gasteiger charge is 2.31. The maximum Gasteiger partial charge on any atom is 0.251 e. The van der Waals surface area contributed by atoms with E-state index in [-0.39, 0.29) is 12.0 Å². The second kappa shape index (κ2) is 8.39. The monoisotopic (exact) mass is 417 g/mol. The van der Waals surface area contributed by atoms with Crippen LogP contribution in [0.3, 0.4) is 0 Å². The molecule has 4 rings (SSSR count). The normalized spacial score (nSPS) is 19.2. The topological polar surface area (TPSA) is 112 Å². The summed E-state index contributed by atoms with van der Waals surface area (Å²) in [6.07, 6.45) is 1.45. The fourth-order valence-electron chi connectivity index (χ4n) is 3.98. The second-order valence-corrected chi connectivity index (χ2v) is 7.26. The minimum Gasteiger partial charge on any atom is -0.493 e. The van der Waals surface area contributed by atoms with Gasteiger partial charge >= 0.3 is 0 Å². The number of nitrogens with two attached hydrogens (primary N) is 1. The molecule has 1 atom stereocenters. The first-order valence-corrected chi connectivity index (χ1v) is 9.99. The number of rotatable bonds is 5. The van der Waals surface area contributed by atoms with Gasteiger partial charge in [0, 0.05) is 32.8 Å². The number of hydrogen-bond donors (Lipinski definition) is 1. The molecule has 0 radical (unpaired) electrons. The zero-order chi connectivity index (χ0) is 21.3. The van der Waals surface area contributed by atoms with Gasteiger partial charge in [0.15, 0.2) is 11.5 Å². The lowest BCUT2D eigenvalue weighted by atomic mass is 10.2. The summed E-state index contributed by atoms with van der Waals surface area (Å²) < 4.78 is 21.9. The molecule has 2 aliphatic heterocycles. The van der Waals surface area contributed by atoms with Gasteiger partial charge in [0.25, 0.3) is 5.91 Å². The van der Waals surface area contributed by atoms with E-state index >= 15 is 0 Å². The number of carbonyl (C=O) groups is 1. The third kappa shape index (κ3) is 3.51. The predicted molar refractivity (Wildman–Crippen MR) is 111 cm³/mol. The third-order valence-corrected chi connectivity index (χ3v) is 5.59. The largest absolute Gasteiger partial charge is 0.493 e.